The number of nitrogens with one attached hydrogen (secondary N) is 1. The average molecular weight is 277 g/mol. The predicted molar refractivity (Wildman–Crippen MR) is 66.0 cm³/mol. The zero-order valence-electron chi connectivity index (χ0n) is 11.3. The van der Waals surface area contributed by atoms with Gasteiger partial charge in [-0.3, -0.25) is 4.79 Å². The fourth-order valence-electron chi connectivity index (χ4n) is 2.42. The molecule has 0 aromatic rings. The van der Waals surface area contributed by atoms with Crippen LogP contribution < -0.4 is 5.32 Å². The molecule has 1 saturated carbocycles. The SMILES string of the molecule is CCC(CC)(NC(=O)C1CCC(F)(F)CC1)C(=O)O. The minimum atomic E-state index is -2.68. The fourth-order valence-corrected chi connectivity index (χ4v) is 2.42. The molecule has 0 aromatic heterocycles. The van der Waals surface area contributed by atoms with Gasteiger partial charge in [0.25, 0.3) is 0 Å². The molecule has 0 heterocycles. The van der Waals surface area contributed by atoms with Crippen molar-refractivity contribution < 1.29 is 23.5 Å². The Balaban J connectivity index is 2.66. The third-order valence-corrected chi connectivity index (χ3v) is 4.07. The van der Waals surface area contributed by atoms with Crippen LogP contribution in [0.1, 0.15) is 52.4 Å². The predicted octanol–water partition coefficient (Wildman–Crippen LogP) is 2.57. The van der Waals surface area contributed by atoms with Gasteiger partial charge in [0, 0.05) is 18.8 Å². The van der Waals surface area contributed by atoms with Gasteiger partial charge in [-0.1, -0.05) is 13.8 Å². The molecule has 19 heavy (non-hydrogen) atoms. The molecular formula is C13H21F2NO3. The van der Waals surface area contributed by atoms with Crippen molar-refractivity contribution in [2.45, 2.75) is 63.8 Å². The number of carbonyl (C=O) groups is 2. The van der Waals surface area contributed by atoms with Crippen molar-refractivity contribution in [2.24, 2.45) is 5.92 Å². The number of halogens is 2. The number of carbonyl (C=O) groups excluding carboxylic acids is 1. The van der Waals surface area contributed by atoms with Crippen LogP contribution in [-0.2, 0) is 9.59 Å². The molecule has 4 nitrogen and oxygen atoms in total. The lowest BCUT2D eigenvalue weighted by atomic mass is 9.84. The summed E-state index contributed by atoms with van der Waals surface area (Å²) in [4.78, 5) is 23.3. The summed E-state index contributed by atoms with van der Waals surface area (Å²) in [5.74, 6) is -4.68. The molecule has 0 radical (unpaired) electrons. The molecule has 0 atom stereocenters. The first-order chi connectivity index (χ1) is 8.76. The van der Waals surface area contributed by atoms with Crippen LogP contribution >= 0.6 is 0 Å². The number of hydrogen-bond donors (Lipinski definition) is 2. The Hall–Kier alpha value is -1.20. The molecular weight excluding hydrogens is 256 g/mol. The summed E-state index contributed by atoms with van der Waals surface area (Å²) < 4.78 is 26.0. The highest BCUT2D eigenvalue weighted by Crippen LogP contribution is 2.36. The van der Waals surface area contributed by atoms with Crippen LogP contribution in [0.2, 0.25) is 0 Å². The minimum absolute atomic E-state index is 0.113. The molecule has 6 heteroatoms. The quantitative estimate of drug-likeness (QED) is 0.811. The highest BCUT2D eigenvalue weighted by molar-refractivity contribution is 5.88. The van der Waals surface area contributed by atoms with Crippen LogP contribution in [-0.4, -0.2) is 28.4 Å². The fraction of sp³-hybridized carbons (Fsp3) is 0.846. The van der Waals surface area contributed by atoms with Crippen LogP contribution in [0, 0.1) is 5.92 Å². The van der Waals surface area contributed by atoms with E-state index >= 15 is 0 Å². The van der Waals surface area contributed by atoms with Gasteiger partial charge in [-0.05, 0) is 25.7 Å². The lowest BCUT2D eigenvalue weighted by Crippen LogP contribution is -2.55. The maximum absolute atomic E-state index is 13.0. The Labute approximate surface area is 111 Å². The standard InChI is InChI=1S/C13H21F2NO3/c1-3-12(4-2,11(18)19)16-10(17)9-5-7-13(14,15)8-6-9/h9H,3-8H2,1-2H3,(H,16,17)(H,18,19). The number of rotatable bonds is 5. The largest absolute Gasteiger partial charge is 0.480 e. The van der Waals surface area contributed by atoms with Crippen LogP contribution in [0.3, 0.4) is 0 Å². The van der Waals surface area contributed by atoms with Crippen LogP contribution in [0.25, 0.3) is 0 Å². The molecule has 1 rings (SSSR count). The van der Waals surface area contributed by atoms with Gasteiger partial charge in [-0.15, -0.1) is 0 Å². The van der Waals surface area contributed by atoms with Gasteiger partial charge in [-0.2, -0.15) is 0 Å². The first-order valence-corrected chi connectivity index (χ1v) is 6.69. The monoisotopic (exact) mass is 277 g/mol. The Morgan fingerprint density at radius 1 is 1.26 bits per heavy atom. The van der Waals surface area contributed by atoms with E-state index in [0.717, 1.165) is 0 Å². The van der Waals surface area contributed by atoms with E-state index in [4.69, 9.17) is 0 Å². The zero-order valence-corrected chi connectivity index (χ0v) is 11.3. The van der Waals surface area contributed by atoms with Gasteiger partial charge >= 0.3 is 5.97 Å². The van der Waals surface area contributed by atoms with Crippen LogP contribution in [0.4, 0.5) is 8.78 Å². The van der Waals surface area contributed by atoms with Crippen molar-refractivity contribution in [1.29, 1.82) is 0 Å². The molecule has 0 unspecified atom stereocenters. The van der Waals surface area contributed by atoms with Crippen molar-refractivity contribution in [3.05, 3.63) is 0 Å². The second-order valence-electron chi connectivity index (χ2n) is 5.21. The first kappa shape index (κ1) is 15.9. The normalized spacial score (nSPS) is 20.0. The van der Waals surface area contributed by atoms with Crippen molar-refractivity contribution in [1.82, 2.24) is 5.32 Å². The Morgan fingerprint density at radius 3 is 2.11 bits per heavy atom. The summed E-state index contributed by atoms with van der Waals surface area (Å²) in [6.07, 6.45) is 0.164. The highest BCUT2D eigenvalue weighted by Gasteiger charge is 2.41. The molecule has 1 aliphatic carbocycles. The number of hydrogen-bond acceptors (Lipinski definition) is 2. The molecule has 0 bridgehead atoms. The van der Waals surface area contributed by atoms with Gasteiger partial charge in [0.05, 0.1) is 0 Å². The summed E-state index contributed by atoms with van der Waals surface area (Å²) in [7, 11) is 0. The van der Waals surface area contributed by atoms with Crippen LogP contribution in [0.15, 0.2) is 0 Å². The van der Waals surface area contributed by atoms with Gasteiger partial charge in [-0.25, -0.2) is 13.6 Å². The topological polar surface area (TPSA) is 66.4 Å². The second-order valence-corrected chi connectivity index (χ2v) is 5.21. The van der Waals surface area contributed by atoms with E-state index in [2.05, 4.69) is 5.32 Å². The van der Waals surface area contributed by atoms with E-state index in [1.54, 1.807) is 13.8 Å². The molecule has 0 spiro atoms. The van der Waals surface area contributed by atoms with E-state index in [-0.39, 0.29) is 38.5 Å². The van der Waals surface area contributed by atoms with Gasteiger partial charge in [0.15, 0.2) is 0 Å². The molecule has 110 valence electrons. The molecule has 0 aliphatic heterocycles. The number of carboxylic acids is 1. The minimum Gasteiger partial charge on any atom is -0.480 e. The summed E-state index contributed by atoms with van der Waals surface area (Å²) in [5.41, 5.74) is -1.28. The highest BCUT2D eigenvalue weighted by atomic mass is 19.3. The number of aliphatic carboxylic acids is 1. The van der Waals surface area contributed by atoms with Crippen molar-refractivity contribution in [3.8, 4) is 0 Å². The number of alkyl halides is 2. The van der Waals surface area contributed by atoms with Gasteiger partial charge in [0.2, 0.25) is 11.8 Å². The Morgan fingerprint density at radius 2 is 1.74 bits per heavy atom. The van der Waals surface area contributed by atoms with Gasteiger partial charge < -0.3 is 10.4 Å². The summed E-state index contributed by atoms with van der Waals surface area (Å²) >= 11 is 0. The zero-order chi connectivity index (χ0) is 14.7. The molecule has 1 amide bonds. The molecule has 1 aliphatic rings. The summed E-state index contributed by atoms with van der Waals surface area (Å²) in [5, 5.41) is 11.8. The molecule has 0 aromatic carbocycles. The Kier molecular flexibility index (Phi) is 4.87. The number of carboxylic acid groups (broad SMARTS) is 1. The van der Waals surface area contributed by atoms with Crippen LogP contribution in [0.5, 0.6) is 0 Å². The smallest absolute Gasteiger partial charge is 0.329 e. The number of amides is 1. The van der Waals surface area contributed by atoms with E-state index < -0.39 is 29.3 Å². The van der Waals surface area contributed by atoms with Crippen molar-refractivity contribution in [2.75, 3.05) is 0 Å². The second kappa shape index (κ2) is 5.84. The maximum atomic E-state index is 13.0. The maximum Gasteiger partial charge on any atom is 0.329 e. The third kappa shape index (κ3) is 3.64. The van der Waals surface area contributed by atoms with E-state index in [0.29, 0.717) is 0 Å². The Bertz CT molecular complexity index is 344. The van der Waals surface area contributed by atoms with Crippen molar-refractivity contribution in [3.63, 3.8) is 0 Å². The van der Waals surface area contributed by atoms with Crippen molar-refractivity contribution >= 4 is 11.9 Å². The first-order valence-electron chi connectivity index (χ1n) is 6.69. The lowest BCUT2D eigenvalue weighted by molar-refractivity contribution is -0.149. The van der Waals surface area contributed by atoms with E-state index in [9.17, 15) is 23.5 Å². The van der Waals surface area contributed by atoms with Gasteiger partial charge in [0.1, 0.15) is 5.54 Å². The van der Waals surface area contributed by atoms with E-state index in [1.807, 2.05) is 0 Å². The lowest BCUT2D eigenvalue weighted by Gasteiger charge is -2.32. The van der Waals surface area contributed by atoms with E-state index in [1.165, 1.54) is 0 Å². The molecule has 2 N–H and O–H groups in total. The average Bonchev–Trinajstić information content (AvgIpc) is 2.35. The molecule has 0 saturated heterocycles. The molecule has 1 fully saturated rings. The summed E-state index contributed by atoms with van der Waals surface area (Å²) in [6, 6.07) is 0. The summed E-state index contributed by atoms with van der Waals surface area (Å²) in [6.45, 7) is 3.37. The third-order valence-electron chi connectivity index (χ3n) is 4.07.